The lowest BCUT2D eigenvalue weighted by Gasteiger charge is -2.15. The maximum Gasteiger partial charge on any atom is 0.251 e. The van der Waals surface area contributed by atoms with Crippen LogP contribution in [0, 0.1) is 5.92 Å². The van der Waals surface area contributed by atoms with Crippen molar-refractivity contribution in [2.24, 2.45) is 5.92 Å². The summed E-state index contributed by atoms with van der Waals surface area (Å²) in [5.74, 6) is 0.0418. The third-order valence-corrected chi connectivity index (χ3v) is 4.58. The number of rotatable bonds is 6. The first kappa shape index (κ1) is 17.2. The van der Waals surface area contributed by atoms with Crippen LogP contribution >= 0.6 is 0 Å². The van der Waals surface area contributed by atoms with Gasteiger partial charge in [0, 0.05) is 17.2 Å². The highest BCUT2D eigenvalue weighted by Crippen LogP contribution is 2.30. The number of carbonyl (C=O) groups is 2. The Bertz CT molecular complexity index is 764. The van der Waals surface area contributed by atoms with E-state index in [-0.39, 0.29) is 23.8 Å². The Morgan fingerprint density at radius 1 is 1.12 bits per heavy atom. The Kier molecular flexibility index (Phi) is 5.17. The van der Waals surface area contributed by atoms with Gasteiger partial charge in [0.05, 0.1) is 6.04 Å². The van der Waals surface area contributed by atoms with Gasteiger partial charge in [0.25, 0.3) is 5.91 Å². The van der Waals surface area contributed by atoms with Crippen molar-refractivity contribution in [3.8, 4) is 0 Å². The number of aryl methyl sites for hydroxylation is 1. The van der Waals surface area contributed by atoms with Crippen LogP contribution in [0.25, 0.3) is 0 Å². The predicted molar refractivity (Wildman–Crippen MR) is 99.5 cm³/mol. The van der Waals surface area contributed by atoms with Gasteiger partial charge in [-0.25, -0.2) is 0 Å². The molecule has 1 fully saturated rings. The van der Waals surface area contributed by atoms with Gasteiger partial charge in [-0.3, -0.25) is 9.59 Å². The standard InChI is InChI=1S/C21H24N2O2/c1-3-15-7-9-16(10-8-15)14(2)22-21(25)18-5-4-6-19(13-18)23-20(24)17-11-12-17/h4-10,13-14,17H,3,11-12H2,1-2H3,(H,22,25)(H,23,24). The summed E-state index contributed by atoms with van der Waals surface area (Å²) in [5, 5.41) is 5.89. The maximum absolute atomic E-state index is 12.5. The smallest absolute Gasteiger partial charge is 0.251 e. The molecule has 2 N–H and O–H groups in total. The third-order valence-electron chi connectivity index (χ3n) is 4.58. The van der Waals surface area contributed by atoms with Crippen molar-refractivity contribution in [2.45, 2.75) is 39.2 Å². The first-order valence-electron chi connectivity index (χ1n) is 8.87. The highest BCUT2D eigenvalue weighted by atomic mass is 16.2. The van der Waals surface area contributed by atoms with Crippen LogP contribution in [0.15, 0.2) is 48.5 Å². The molecule has 0 aromatic heterocycles. The average Bonchev–Trinajstić information content (AvgIpc) is 3.47. The average molecular weight is 336 g/mol. The van der Waals surface area contributed by atoms with Crippen LogP contribution in [0.2, 0.25) is 0 Å². The fourth-order valence-electron chi connectivity index (χ4n) is 2.73. The van der Waals surface area contributed by atoms with Crippen molar-refractivity contribution in [2.75, 3.05) is 5.32 Å². The number of hydrogen-bond donors (Lipinski definition) is 2. The minimum Gasteiger partial charge on any atom is -0.346 e. The molecule has 1 atom stereocenters. The molecule has 0 aliphatic heterocycles. The first-order valence-corrected chi connectivity index (χ1v) is 8.87. The van der Waals surface area contributed by atoms with E-state index in [2.05, 4.69) is 41.8 Å². The fraction of sp³-hybridized carbons (Fsp3) is 0.333. The molecule has 0 bridgehead atoms. The third kappa shape index (κ3) is 4.47. The Morgan fingerprint density at radius 3 is 2.48 bits per heavy atom. The lowest BCUT2D eigenvalue weighted by molar-refractivity contribution is -0.117. The number of amides is 2. The van der Waals surface area contributed by atoms with E-state index in [4.69, 9.17) is 0 Å². The number of anilines is 1. The summed E-state index contributed by atoms with van der Waals surface area (Å²) < 4.78 is 0. The Balaban J connectivity index is 1.64. The van der Waals surface area contributed by atoms with Crippen LogP contribution in [0.1, 0.15) is 54.2 Å². The maximum atomic E-state index is 12.5. The Hall–Kier alpha value is -2.62. The van der Waals surface area contributed by atoms with E-state index in [1.165, 1.54) is 5.56 Å². The molecular weight excluding hydrogens is 312 g/mol. The second kappa shape index (κ2) is 7.51. The molecule has 2 amide bonds. The number of benzene rings is 2. The van der Waals surface area contributed by atoms with E-state index >= 15 is 0 Å². The molecule has 0 saturated heterocycles. The number of hydrogen-bond acceptors (Lipinski definition) is 2. The highest BCUT2D eigenvalue weighted by molar-refractivity contribution is 5.98. The van der Waals surface area contributed by atoms with Crippen molar-refractivity contribution < 1.29 is 9.59 Å². The fourth-order valence-corrected chi connectivity index (χ4v) is 2.73. The van der Waals surface area contributed by atoms with Crippen molar-refractivity contribution in [1.82, 2.24) is 5.32 Å². The largest absolute Gasteiger partial charge is 0.346 e. The summed E-state index contributed by atoms with van der Waals surface area (Å²) in [7, 11) is 0. The Labute approximate surface area is 148 Å². The zero-order chi connectivity index (χ0) is 17.8. The zero-order valence-corrected chi connectivity index (χ0v) is 14.7. The quantitative estimate of drug-likeness (QED) is 0.835. The second-order valence-corrected chi connectivity index (χ2v) is 6.63. The van der Waals surface area contributed by atoms with Crippen molar-refractivity contribution in [3.05, 3.63) is 65.2 Å². The lowest BCUT2D eigenvalue weighted by Crippen LogP contribution is -2.26. The molecule has 3 rings (SSSR count). The molecule has 1 aliphatic carbocycles. The highest BCUT2D eigenvalue weighted by Gasteiger charge is 2.29. The number of nitrogens with one attached hydrogen (secondary N) is 2. The minimum absolute atomic E-state index is 0.0435. The second-order valence-electron chi connectivity index (χ2n) is 6.63. The lowest BCUT2D eigenvalue weighted by atomic mass is 10.0. The molecule has 0 heterocycles. The van der Waals surface area contributed by atoms with Crippen molar-refractivity contribution in [1.29, 1.82) is 0 Å². The van der Waals surface area contributed by atoms with Gasteiger partial charge in [-0.15, -0.1) is 0 Å². The SMILES string of the molecule is CCc1ccc(C(C)NC(=O)c2cccc(NC(=O)C3CC3)c2)cc1. The summed E-state index contributed by atoms with van der Waals surface area (Å²) in [5.41, 5.74) is 3.57. The topological polar surface area (TPSA) is 58.2 Å². The molecule has 0 spiro atoms. The molecule has 4 heteroatoms. The van der Waals surface area contributed by atoms with E-state index in [0.717, 1.165) is 24.8 Å². The van der Waals surface area contributed by atoms with Gasteiger partial charge in [-0.1, -0.05) is 37.3 Å². The molecule has 25 heavy (non-hydrogen) atoms. The van der Waals surface area contributed by atoms with Gasteiger partial charge in [-0.05, 0) is 55.5 Å². The van der Waals surface area contributed by atoms with Crippen LogP contribution in [0.5, 0.6) is 0 Å². The van der Waals surface area contributed by atoms with Crippen LogP contribution < -0.4 is 10.6 Å². The zero-order valence-electron chi connectivity index (χ0n) is 14.7. The first-order chi connectivity index (χ1) is 12.1. The molecule has 0 radical (unpaired) electrons. The Morgan fingerprint density at radius 2 is 1.84 bits per heavy atom. The number of carbonyl (C=O) groups excluding carboxylic acids is 2. The van der Waals surface area contributed by atoms with Crippen LogP contribution in [0.3, 0.4) is 0 Å². The molecule has 2 aromatic carbocycles. The van der Waals surface area contributed by atoms with E-state index in [1.807, 2.05) is 13.0 Å². The van der Waals surface area contributed by atoms with Crippen LogP contribution in [-0.4, -0.2) is 11.8 Å². The van der Waals surface area contributed by atoms with Crippen molar-refractivity contribution >= 4 is 17.5 Å². The molecule has 1 aliphatic rings. The molecule has 4 nitrogen and oxygen atoms in total. The predicted octanol–water partition coefficient (Wildman–Crippen LogP) is 4.09. The van der Waals surface area contributed by atoms with E-state index in [0.29, 0.717) is 11.3 Å². The monoisotopic (exact) mass is 336 g/mol. The van der Waals surface area contributed by atoms with Crippen LogP contribution in [-0.2, 0) is 11.2 Å². The van der Waals surface area contributed by atoms with Crippen molar-refractivity contribution in [3.63, 3.8) is 0 Å². The summed E-state index contributed by atoms with van der Waals surface area (Å²) in [6.45, 7) is 4.09. The van der Waals surface area contributed by atoms with Gasteiger partial charge in [0.1, 0.15) is 0 Å². The van der Waals surface area contributed by atoms with E-state index in [9.17, 15) is 9.59 Å². The van der Waals surface area contributed by atoms with Gasteiger partial charge in [0.15, 0.2) is 0 Å². The minimum atomic E-state index is -0.144. The normalized spacial score (nSPS) is 14.6. The van der Waals surface area contributed by atoms with Gasteiger partial charge in [-0.2, -0.15) is 0 Å². The van der Waals surface area contributed by atoms with Gasteiger partial charge in [0.2, 0.25) is 5.91 Å². The molecule has 2 aromatic rings. The summed E-state index contributed by atoms with van der Waals surface area (Å²) in [4.78, 5) is 24.4. The molecular formula is C21H24N2O2. The molecule has 1 unspecified atom stereocenters. The summed E-state index contributed by atoms with van der Waals surface area (Å²) in [6.07, 6.45) is 2.92. The van der Waals surface area contributed by atoms with Gasteiger partial charge < -0.3 is 10.6 Å². The summed E-state index contributed by atoms with van der Waals surface area (Å²) in [6, 6.07) is 15.3. The van der Waals surface area contributed by atoms with Gasteiger partial charge >= 0.3 is 0 Å². The van der Waals surface area contributed by atoms with Crippen LogP contribution in [0.4, 0.5) is 5.69 Å². The molecule has 130 valence electrons. The van der Waals surface area contributed by atoms with E-state index < -0.39 is 0 Å². The summed E-state index contributed by atoms with van der Waals surface area (Å²) >= 11 is 0. The van der Waals surface area contributed by atoms with E-state index in [1.54, 1.807) is 18.2 Å². The molecule has 1 saturated carbocycles.